The van der Waals surface area contributed by atoms with Gasteiger partial charge in [-0.05, 0) is 30.3 Å². The number of hydrogen-bond donors (Lipinski definition) is 0. The molecule has 0 saturated heterocycles. The molecule has 0 N–H and O–H groups in total. The maximum atomic E-state index is 6.00. The second-order valence-electron chi connectivity index (χ2n) is 3.23. The van der Waals surface area contributed by atoms with E-state index in [0.717, 1.165) is 11.3 Å². The van der Waals surface area contributed by atoms with Crippen molar-refractivity contribution in [3.05, 3.63) is 64.1 Å². The Bertz CT molecular complexity index is 448. The summed E-state index contributed by atoms with van der Waals surface area (Å²) in [5.41, 5.74) is 0.783. The van der Waals surface area contributed by atoms with Gasteiger partial charge in [0.25, 0.3) is 0 Å². The summed E-state index contributed by atoms with van der Waals surface area (Å²) in [6, 6.07) is 15.7. The van der Waals surface area contributed by atoms with Crippen LogP contribution in [0.25, 0.3) is 0 Å². The fraction of sp³-hybridized carbons (Fsp3) is 0.0769. The molecule has 16 heavy (non-hydrogen) atoms. The highest BCUT2D eigenvalue weighted by atomic mass is 35.5. The third-order valence-electron chi connectivity index (χ3n) is 2.12. The van der Waals surface area contributed by atoms with Crippen LogP contribution in [0, 0.1) is 6.07 Å². The van der Waals surface area contributed by atoms with E-state index in [9.17, 15) is 0 Å². The summed E-state index contributed by atoms with van der Waals surface area (Å²) >= 11 is 12.0. The van der Waals surface area contributed by atoms with E-state index in [1.807, 2.05) is 30.3 Å². The predicted molar refractivity (Wildman–Crippen MR) is 66.1 cm³/mol. The Morgan fingerprint density at radius 2 is 1.62 bits per heavy atom. The third kappa shape index (κ3) is 2.69. The SMILES string of the molecule is Clc1c[c]cc(Cl)c1COc1ccccc1. The van der Waals surface area contributed by atoms with Crippen molar-refractivity contribution in [3.63, 3.8) is 0 Å². The van der Waals surface area contributed by atoms with Gasteiger partial charge in [-0.2, -0.15) is 0 Å². The molecular weight excluding hydrogens is 243 g/mol. The summed E-state index contributed by atoms with van der Waals surface area (Å²) in [7, 11) is 0. The number of hydrogen-bond acceptors (Lipinski definition) is 1. The molecule has 2 aromatic carbocycles. The molecule has 81 valence electrons. The van der Waals surface area contributed by atoms with Gasteiger partial charge < -0.3 is 4.74 Å². The number of rotatable bonds is 3. The Labute approximate surface area is 105 Å². The number of halogens is 2. The third-order valence-corrected chi connectivity index (χ3v) is 2.80. The van der Waals surface area contributed by atoms with Gasteiger partial charge in [-0.25, -0.2) is 0 Å². The molecular formula is C13H9Cl2O. The highest BCUT2D eigenvalue weighted by molar-refractivity contribution is 6.35. The van der Waals surface area contributed by atoms with Gasteiger partial charge in [-0.1, -0.05) is 41.4 Å². The molecule has 0 unspecified atom stereocenters. The van der Waals surface area contributed by atoms with E-state index < -0.39 is 0 Å². The van der Waals surface area contributed by atoms with Gasteiger partial charge in [-0.3, -0.25) is 0 Å². The average Bonchev–Trinajstić information content (AvgIpc) is 2.30. The zero-order valence-electron chi connectivity index (χ0n) is 8.41. The molecule has 0 bridgehead atoms. The molecule has 0 fully saturated rings. The Hall–Kier alpha value is -1.18. The second kappa shape index (κ2) is 5.24. The first kappa shape index (κ1) is 11.3. The van der Waals surface area contributed by atoms with E-state index in [1.165, 1.54) is 0 Å². The summed E-state index contributed by atoms with van der Waals surface area (Å²) < 4.78 is 5.57. The van der Waals surface area contributed by atoms with Gasteiger partial charge in [-0.15, -0.1) is 0 Å². The fourth-order valence-corrected chi connectivity index (χ4v) is 1.77. The van der Waals surface area contributed by atoms with Crippen molar-refractivity contribution in [1.29, 1.82) is 0 Å². The lowest BCUT2D eigenvalue weighted by Gasteiger charge is -2.08. The van der Waals surface area contributed by atoms with E-state index in [1.54, 1.807) is 12.1 Å². The van der Waals surface area contributed by atoms with Crippen molar-refractivity contribution in [2.75, 3.05) is 0 Å². The van der Waals surface area contributed by atoms with Gasteiger partial charge in [0.05, 0.1) is 0 Å². The van der Waals surface area contributed by atoms with Crippen LogP contribution in [0.2, 0.25) is 10.0 Å². The first-order chi connectivity index (χ1) is 7.77. The molecule has 0 aliphatic carbocycles. The van der Waals surface area contributed by atoms with E-state index in [4.69, 9.17) is 27.9 Å². The fourth-order valence-electron chi connectivity index (χ4n) is 1.29. The molecule has 3 heteroatoms. The lowest BCUT2D eigenvalue weighted by Crippen LogP contribution is -1.97. The van der Waals surface area contributed by atoms with Crippen molar-refractivity contribution >= 4 is 23.2 Å². The first-order valence-electron chi connectivity index (χ1n) is 4.79. The largest absolute Gasteiger partial charge is 0.489 e. The highest BCUT2D eigenvalue weighted by Crippen LogP contribution is 2.25. The molecule has 0 spiro atoms. The van der Waals surface area contributed by atoms with E-state index in [2.05, 4.69) is 6.07 Å². The van der Waals surface area contributed by atoms with Gasteiger partial charge >= 0.3 is 0 Å². The van der Waals surface area contributed by atoms with Crippen LogP contribution >= 0.6 is 23.2 Å². The normalized spacial score (nSPS) is 10.1. The van der Waals surface area contributed by atoms with Crippen molar-refractivity contribution in [2.24, 2.45) is 0 Å². The minimum atomic E-state index is 0.357. The molecule has 1 radical (unpaired) electrons. The molecule has 2 aromatic rings. The zero-order chi connectivity index (χ0) is 11.4. The highest BCUT2D eigenvalue weighted by Gasteiger charge is 2.05. The average molecular weight is 252 g/mol. The molecule has 1 nitrogen and oxygen atoms in total. The van der Waals surface area contributed by atoms with Crippen LogP contribution in [0.5, 0.6) is 5.75 Å². The van der Waals surface area contributed by atoms with Crippen LogP contribution in [0.1, 0.15) is 5.56 Å². The van der Waals surface area contributed by atoms with Gasteiger partial charge in [0.1, 0.15) is 12.4 Å². The lowest BCUT2D eigenvalue weighted by molar-refractivity contribution is 0.306. The van der Waals surface area contributed by atoms with E-state index in [0.29, 0.717) is 16.7 Å². The molecule has 0 saturated carbocycles. The lowest BCUT2D eigenvalue weighted by atomic mass is 10.2. The van der Waals surface area contributed by atoms with Gasteiger partial charge in [0, 0.05) is 15.6 Å². The van der Waals surface area contributed by atoms with E-state index >= 15 is 0 Å². The molecule has 0 heterocycles. The summed E-state index contributed by atoms with van der Waals surface area (Å²) in [6.45, 7) is 0.357. The predicted octanol–water partition coefficient (Wildman–Crippen LogP) is 4.37. The Morgan fingerprint density at radius 1 is 1.00 bits per heavy atom. The number of benzene rings is 2. The van der Waals surface area contributed by atoms with Crippen LogP contribution in [-0.2, 0) is 6.61 Å². The Balaban J connectivity index is 2.11. The second-order valence-corrected chi connectivity index (χ2v) is 4.05. The maximum absolute atomic E-state index is 6.00. The minimum absolute atomic E-state index is 0.357. The van der Waals surface area contributed by atoms with Crippen LogP contribution < -0.4 is 4.74 Å². The molecule has 0 aliphatic rings. The summed E-state index contributed by atoms with van der Waals surface area (Å²) in [5.74, 6) is 0.794. The van der Waals surface area contributed by atoms with Crippen LogP contribution in [0.15, 0.2) is 42.5 Å². The summed E-state index contributed by atoms with van der Waals surface area (Å²) in [6.07, 6.45) is 0. The number of para-hydroxylation sites is 1. The molecule has 0 aliphatic heterocycles. The molecule has 0 aromatic heterocycles. The first-order valence-corrected chi connectivity index (χ1v) is 5.55. The topological polar surface area (TPSA) is 9.23 Å². The van der Waals surface area contributed by atoms with Crippen LogP contribution in [0.4, 0.5) is 0 Å². The number of ether oxygens (including phenoxy) is 1. The summed E-state index contributed by atoms with van der Waals surface area (Å²) in [5, 5.41) is 1.15. The standard InChI is InChI=1S/C13H9Cl2O/c14-12-7-4-8-13(15)11(12)9-16-10-5-2-1-3-6-10/h1-3,5-8H,9H2. The monoisotopic (exact) mass is 251 g/mol. The van der Waals surface area contributed by atoms with Crippen molar-refractivity contribution < 1.29 is 4.74 Å². The molecule has 2 rings (SSSR count). The van der Waals surface area contributed by atoms with Crippen LogP contribution in [-0.4, -0.2) is 0 Å². The van der Waals surface area contributed by atoms with Crippen molar-refractivity contribution in [3.8, 4) is 5.75 Å². The van der Waals surface area contributed by atoms with Crippen molar-refractivity contribution in [1.82, 2.24) is 0 Å². The minimum Gasteiger partial charge on any atom is -0.489 e. The van der Waals surface area contributed by atoms with Gasteiger partial charge in [0.2, 0.25) is 0 Å². The molecule has 0 amide bonds. The Kier molecular flexibility index (Phi) is 3.70. The zero-order valence-corrected chi connectivity index (χ0v) is 9.92. The van der Waals surface area contributed by atoms with Crippen LogP contribution in [0.3, 0.4) is 0 Å². The smallest absolute Gasteiger partial charge is 0.119 e. The Morgan fingerprint density at radius 3 is 2.25 bits per heavy atom. The van der Waals surface area contributed by atoms with Crippen molar-refractivity contribution in [2.45, 2.75) is 6.61 Å². The molecule has 0 atom stereocenters. The maximum Gasteiger partial charge on any atom is 0.119 e. The van der Waals surface area contributed by atoms with Gasteiger partial charge in [0.15, 0.2) is 0 Å². The summed E-state index contributed by atoms with van der Waals surface area (Å²) in [4.78, 5) is 0. The quantitative estimate of drug-likeness (QED) is 0.787. The van der Waals surface area contributed by atoms with E-state index in [-0.39, 0.29) is 0 Å².